The van der Waals surface area contributed by atoms with Gasteiger partial charge in [-0.25, -0.2) is 0 Å². The molecule has 1 aliphatic carbocycles. The highest BCUT2D eigenvalue weighted by Gasteiger charge is 2.31. The second kappa shape index (κ2) is 5.65. The van der Waals surface area contributed by atoms with E-state index in [0.29, 0.717) is 23.5 Å². The minimum absolute atomic E-state index is 0.346. The van der Waals surface area contributed by atoms with Crippen molar-refractivity contribution in [2.45, 2.75) is 59.3 Å². The molecule has 0 saturated heterocycles. The smallest absolute Gasteiger partial charge is 0.136 e. The molecule has 0 radical (unpaired) electrons. The molecular weight excluding hydrogens is 196 g/mol. The van der Waals surface area contributed by atoms with Gasteiger partial charge in [0.15, 0.2) is 0 Å². The third-order valence-corrected chi connectivity index (χ3v) is 4.00. The Labute approximate surface area is 100 Å². The summed E-state index contributed by atoms with van der Waals surface area (Å²) in [5.74, 6) is 1.61. The molecule has 1 nitrogen and oxygen atoms in total. The lowest BCUT2D eigenvalue weighted by Crippen LogP contribution is -2.28. The molecule has 0 aromatic rings. The van der Waals surface area contributed by atoms with Gasteiger partial charge in [0.05, 0.1) is 0 Å². The van der Waals surface area contributed by atoms with Gasteiger partial charge in [-0.15, -0.1) is 6.58 Å². The number of Topliss-reactive ketones (excluding diaryl/α,β-unsaturated/α-hetero) is 1. The van der Waals surface area contributed by atoms with E-state index >= 15 is 0 Å². The molecular formula is C15H26O. The summed E-state index contributed by atoms with van der Waals surface area (Å²) in [7, 11) is 0. The van der Waals surface area contributed by atoms with E-state index < -0.39 is 0 Å². The number of carbonyl (C=O) groups excluding carboxylic acids is 1. The number of carbonyl (C=O) groups is 1. The van der Waals surface area contributed by atoms with E-state index in [1.165, 1.54) is 12.8 Å². The van der Waals surface area contributed by atoms with E-state index in [1.807, 2.05) is 6.08 Å². The number of hydrogen-bond donors (Lipinski definition) is 0. The molecule has 0 atom stereocenters. The van der Waals surface area contributed by atoms with Crippen LogP contribution in [0.3, 0.4) is 0 Å². The van der Waals surface area contributed by atoms with Crippen molar-refractivity contribution >= 4 is 5.78 Å². The Morgan fingerprint density at radius 3 is 2.25 bits per heavy atom. The zero-order chi connectivity index (χ0) is 12.2. The van der Waals surface area contributed by atoms with Crippen LogP contribution in [0.2, 0.25) is 0 Å². The van der Waals surface area contributed by atoms with Crippen molar-refractivity contribution < 1.29 is 4.79 Å². The molecule has 1 rings (SSSR count). The van der Waals surface area contributed by atoms with E-state index in [0.717, 1.165) is 25.2 Å². The van der Waals surface area contributed by atoms with Crippen molar-refractivity contribution in [1.82, 2.24) is 0 Å². The van der Waals surface area contributed by atoms with Gasteiger partial charge in [0.1, 0.15) is 5.78 Å². The topological polar surface area (TPSA) is 17.1 Å². The van der Waals surface area contributed by atoms with Crippen LogP contribution in [-0.2, 0) is 4.79 Å². The third-order valence-electron chi connectivity index (χ3n) is 4.00. The van der Waals surface area contributed by atoms with Crippen LogP contribution in [0.5, 0.6) is 0 Å². The summed E-state index contributed by atoms with van der Waals surface area (Å²) in [6.07, 6.45) is 8.07. The van der Waals surface area contributed by atoms with Crippen molar-refractivity contribution in [3.8, 4) is 0 Å². The molecule has 16 heavy (non-hydrogen) atoms. The van der Waals surface area contributed by atoms with E-state index in [4.69, 9.17) is 0 Å². The summed E-state index contributed by atoms with van der Waals surface area (Å²) in [5, 5.41) is 0. The zero-order valence-electron chi connectivity index (χ0n) is 11.1. The third kappa shape index (κ3) is 3.77. The lowest BCUT2D eigenvalue weighted by molar-refractivity contribution is -0.124. The van der Waals surface area contributed by atoms with Crippen LogP contribution >= 0.6 is 0 Å². The van der Waals surface area contributed by atoms with Crippen molar-refractivity contribution in [3.05, 3.63) is 12.7 Å². The Kier molecular flexibility index (Phi) is 4.76. The van der Waals surface area contributed by atoms with Crippen molar-refractivity contribution in [2.24, 2.45) is 17.3 Å². The molecule has 0 N–H and O–H groups in total. The maximum absolute atomic E-state index is 11.9. The van der Waals surface area contributed by atoms with Gasteiger partial charge in [0.25, 0.3) is 0 Å². The molecule has 0 aromatic heterocycles. The zero-order valence-corrected chi connectivity index (χ0v) is 11.1. The van der Waals surface area contributed by atoms with Gasteiger partial charge in [-0.1, -0.05) is 26.8 Å². The molecule has 92 valence electrons. The molecule has 1 heteroatoms. The summed E-state index contributed by atoms with van der Waals surface area (Å²) in [5.41, 5.74) is 0.412. The second-order valence-electron chi connectivity index (χ2n) is 6.21. The van der Waals surface area contributed by atoms with Gasteiger partial charge in [0, 0.05) is 12.3 Å². The first kappa shape index (κ1) is 13.5. The van der Waals surface area contributed by atoms with Gasteiger partial charge >= 0.3 is 0 Å². The molecule has 1 saturated carbocycles. The summed E-state index contributed by atoms with van der Waals surface area (Å²) >= 11 is 0. The fourth-order valence-corrected chi connectivity index (χ4v) is 2.73. The van der Waals surface area contributed by atoms with E-state index in [9.17, 15) is 4.79 Å². The molecule has 0 aliphatic heterocycles. The maximum atomic E-state index is 11.9. The Bertz CT molecular complexity index is 239. The largest absolute Gasteiger partial charge is 0.299 e. The molecule has 0 amide bonds. The Balaban J connectivity index is 2.37. The average molecular weight is 222 g/mol. The van der Waals surface area contributed by atoms with E-state index in [-0.39, 0.29) is 0 Å². The summed E-state index contributed by atoms with van der Waals surface area (Å²) in [6, 6.07) is 0. The molecule has 1 aliphatic rings. The Morgan fingerprint density at radius 1 is 1.25 bits per heavy atom. The monoisotopic (exact) mass is 222 g/mol. The first-order valence-corrected chi connectivity index (χ1v) is 6.58. The van der Waals surface area contributed by atoms with Crippen LogP contribution in [0.25, 0.3) is 0 Å². The number of allylic oxidation sites excluding steroid dienone is 1. The van der Waals surface area contributed by atoms with Crippen LogP contribution in [0.4, 0.5) is 0 Å². The van der Waals surface area contributed by atoms with Gasteiger partial charge in [-0.05, 0) is 43.4 Å². The highest BCUT2D eigenvalue weighted by Crippen LogP contribution is 2.40. The fourth-order valence-electron chi connectivity index (χ4n) is 2.73. The normalized spacial score (nSPS) is 26.4. The number of ketones is 1. The Hall–Kier alpha value is -0.590. The minimum Gasteiger partial charge on any atom is -0.299 e. The van der Waals surface area contributed by atoms with Crippen LogP contribution in [0, 0.1) is 17.3 Å². The first-order chi connectivity index (χ1) is 7.45. The predicted molar refractivity (Wildman–Crippen MR) is 69.3 cm³/mol. The highest BCUT2D eigenvalue weighted by molar-refractivity contribution is 5.81. The first-order valence-electron chi connectivity index (χ1n) is 6.58. The molecule has 0 bridgehead atoms. The molecule has 0 spiro atoms. The quantitative estimate of drug-likeness (QED) is 0.645. The lowest BCUT2D eigenvalue weighted by Gasteiger charge is -2.36. The minimum atomic E-state index is 0.346. The van der Waals surface area contributed by atoms with Crippen LogP contribution in [0.1, 0.15) is 59.3 Å². The van der Waals surface area contributed by atoms with Gasteiger partial charge < -0.3 is 0 Å². The van der Waals surface area contributed by atoms with Crippen LogP contribution in [0.15, 0.2) is 12.7 Å². The maximum Gasteiger partial charge on any atom is 0.136 e. The molecule has 0 aromatic carbocycles. The second-order valence-corrected chi connectivity index (χ2v) is 6.21. The lowest BCUT2D eigenvalue weighted by atomic mass is 9.69. The summed E-state index contributed by atoms with van der Waals surface area (Å²) < 4.78 is 0. The van der Waals surface area contributed by atoms with Gasteiger partial charge in [0.2, 0.25) is 0 Å². The number of hydrogen-bond acceptors (Lipinski definition) is 1. The molecule has 0 heterocycles. The molecule has 0 unspecified atom stereocenters. The van der Waals surface area contributed by atoms with Crippen molar-refractivity contribution in [2.75, 3.05) is 0 Å². The SMILES string of the molecule is C=CCCC(=O)C1CCC(C(C)(C)C)CC1. The average Bonchev–Trinajstić information content (AvgIpc) is 2.25. The van der Waals surface area contributed by atoms with Crippen LogP contribution in [-0.4, -0.2) is 5.78 Å². The Morgan fingerprint density at radius 2 is 1.81 bits per heavy atom. The standard InChI is InChI=1S/C15H26O/c1-5-6-7-14(16)12-8-10-13(11-9-12)15(2,3)4/h5,12-13H,1,6-11H2,2-4H3. The predicted octanol–water partition coefficient (Wildman–Crippen LogP) is 4.37. The van der Waals surface area contributed by atoms with Crippen molar-refractivity contribution in [3.63, 3.8) is 0 Å². The molecule has 1 fully saturated rings. The van der Waals surface area contributed by atoms with E-state index in [1.54, 1.807) is 0 Å². The van der Waals surface area contributed by atoms with Crippen LogP contribution < -0.4 is 0 Å². The van der Waals surface area contributed by atoms with Gasteiger partial charge in [-0.2, -0.15) is 0 Å². The van der Waals surface area contributed by atoms with Crippen molar-refractivity contribution in [1.29, 1.82) is 0 Å². The van der Waals surface area contributed by atoms with Gasteiger partial charge in [-0.3, -0.25) is 4.79 Å². The summed E-state index contributed by atoms with van der Waals surface area (Å²) in [6.45, 7) is 10.6. The highest BCUT2D eigenvalue weighted by atomic mass is 16.1. The van der Waals surface area contributed by atoms with E-state index in [2.05, 4.69) is 27.4 Å². The number of rotatable bonds is 4. The summed E-state index contributed by atoms with van der Waals surface area (Å²) in [4.78, 5) is 11.9. The fraction of sp³-hybridized carbons (Fsp3) is 0.800.